The molecule has 4 heteroatoms. The van der Waals surface area contributed by atoms with Crippen molar-refractivity contribution in [3.63, 3.8) is 0 Å². The van der Waals surface area contributed by atoms with Crippen molar-refractivity contribution in [2.75, 3.05) is 0 Å². The van der Waals surface area contributed by atoms with Crippen LogP contribution in [0, 0.1) is 5.92 Å². The van der Waals surface area contributed by atoms with Crippen molar-refractivity contribution < 1.29 is 0 Å². The Morgan fingerprint density at radius 1 is 1.30 bits per heavy atom. The predicted octanol–water partition coefficient (Wildman–Crippen LogP) is 4.94. The molecule has 106 valence electrons. The Hall–Kier alpha value is -0.710. The third-order valence-electron chi connectivity index (χ3n) is 4.25. The summed E-state index contributed by atoms with van der Waals surface area (Å²) in [6, 6.07) is 8.21. The molecule has 1 heterocycles. The monoisotopic (exact) mass is 350 g/mol. The topological polar surface area (TPSA) is 38.9 Å². The number of hydrogen-bond acceptors (Lipinski definition) is 3. The molecule has 2 nitrogen and oxygen atoms in total. The van der Waals surface area contributed by atoms with Crippen LogP contribution in [0.4, 0.5) is 0 Å². The Morgan fingerprint density at radius 3 is 2.70 bits per heavy atom. The number of rotatable bonds is 2. The quantitative estimate of drug-likeness (QED) is 0.833. The Morgan fingerprint density at radius 2 is 2.00 bits per heavy atom. The average molecular weight is 351 g/mol. The summed E-state index contributed by atoms with van der Waals surface area (Å²) in [7, 11) is 0. The van der Waals surface area contributed by atoms with Crippen molar-refractivity contribution in [3.8, 4) is 11.3 Å². The molecule has 1 aromatic carbocycles. The fourth-order valence-electron chi connectivity index (χ4n) is 2.79. The van der Waals surface area contributed by atoms with Crippen molar-refractivity contribution in [3.05, 3.63) is 39.1 Å². The molecule has 0 aliphatic heterocycles. The molecule has 2 aromatic rings. The van der Waals surface area contributed by atoms with E-state index in [4.69, 9.17) is 10.7 Å². The summed E-state index contributed by atoms with van der Waals surface area (Å²) < 4.78 is 1.08. The van der Waals surface area contributed by atoms with Crippen LogP contribution in [0.25, 0.3) is 11.3 Å². The lowest BCUT2D eigenvalue weighted by molar-refractivity contribution is 0.247. The molecule has 1 aliphatic rings. The molecule has 0 atom stereocenters. The van der Waals surface area contributed by atoms with E-state index in [1.165, 1.54) is 12.8 Å². The van der Waals surface area contributed by atoms with E-state index in [2.05, 4.69) is 40.4 Å². The molecule has 0 unspecified atom stereocenters. The average Bonchev–Trinajstić information content (AvgIpc) is 2.93. The Kier molecular flexibility index (Phi) is 3.98. The summed E-state index contributed by atoms with van der Waals surface area (Å²) in [6.07, 6.45) is 4.52. The van der Waals surface area contributed by atoms with Crippen LogP contribution in [0.2, 0.25) is 0 Å². The van der Waals surface area contributed by atoms with Crippen molar-refractivity contribution >= 4 is 27.3 Å². The van der Waals surface area contributed by atoms with Gasteiger partial charge in [0.05, 0.1) is 11.2 Å². The summed E-state index contributed by atoms with van der Waals surface area (Å²) >= 11 is 5.30. The molecular formula is C16H19BrN2S. The first kappa shape index (κ1) is 14.2. The zero-order chi connectivity index (χ0) is 14.2. The first-order chi connectivity index (χ1) is 9.58. The van der Waals surface area contributed by atoms with Crippen LogP contribution in [-0.2, 0) is 5.54 Å². The SMILES string of the molecule is CC1CCC(N)(c2nc(-c3ccccc3Br)cs2)CC1. The summed E-state index contributed by atoms with van der Waals surface area (Å²) in [5, 5.41) is 3.22. The molecular weight excluding hydrogens is 332 g/mol. The fourth-order valence-corrected chi connectivity index (χ4v) is 4.27. The van der Waals surface area contributed by atoms with Gasteiger partial charge in [-0.2, -0.15) is 0 Å². The number of aromatic nitrogens is 1. The summed E-state index contributed by atoms with van der Waals surface area (Å²) in [5.74, 6) is 0.800. The Bertz CT molecular complexity index is 600. The van der Waals surface area contributed by atoms with Gasteiger partial charge in [-0.3, -0.25) is 0 Å². The molecule has 20 heavy (non-hydrogen) atoms. The van der Waals surface area contributed by atoms with Gasteiger partial charge < -0.3 is 5.73 Å². The highest BCUT2D eigenvalue weighted by molar-refractivity contribution is 9.10. The van der Waals surface area contributed by atoms with E-state index < -0.39 is 0 Å². The first-order valence-corrected chi connectivity index (χ1v) is 8.75. The van der Waals surface area contributed by atoms with Gasteiger partial charge >= 0.3 is 0 Å². The first-order valence-electron chi connectivity index (χ1n) is 7.08. The van der Waals surface area contributed by atoms with Crippen LogP contribution in [-0.4, -0.2) is 4.98 Å². The van der Waals surface area contributed by atoms with E-state index >= 15 is 0 Å². The van der Waals surface area contributed by atoms with Gasteiger partial charge in [-0.15, -0.1) is 11.3 Å². The van der Waals surface area contributed by atoms with Crippen molar-refractivity contribution in [2.45, 2.75) is 38.1 Å². The van der Waals surface area contributed by atoms with Gasteiger partial charge in [0.15, 0.2) is 0 Å². The molecule has 0 bridgehead atoms. The second-order valence-corrected chi connectivity index (χ2v) is 7.57. The maximum absolute atomic E-state index is 6.61. The van der Waals surface area contributed by atoms with Crippen molar-refractivity contribution in [1.82, 2.24) is 4.98 Å². The standard InChI is InChI=1S/C16H19BrN2S/c1-11-6-8-16(18,9-7-11)15-19-14(10-20-15)12-4-2-3-5-13(12)17/h2-5,10-11H,6-9,18H2,1H3. The number of benzene rings is 1. The van der Waals surface area contributed by atoms with E-state index in [1.54, 1.807) is 11.3 Å². The number of nitrogens with zero attached hydrogens (tertiary/aromatic N) is 1. The van der Waals surface area contributed by atoms with Gasteiger partial charge in [0.1, 0.15) is 5.01 Å². The zero-order valence-corrected chi connectivity index (χ0v) is 14.0. The molecule has 2 N–H and O–H groups in total. The summed E-state index contributed by atoms with van der Waals surface area (Å²) in [6.45, 7) is 2.31. The second-order valence-electron chi connectivity index (χ2n) is 5.86. The van der Waals surface area contributed by atoms with Crippen LogP contribution in [0.15, 0.2) is 34.1 Å². The molecule has 1 saturated carbocycles. The third kappa shape index (κ3) is 2.69. The minimum Gasteiger partial charge on any atom is -0.319 e. The van der Waals surface area contributed by atoms with Gasteiger partial charge in [0.2, 0.25) is 0 Å². The lowest BCUT2D eigenvalue weighted by Gasteiger charge is -2.34. The third-order valence-corrected chi connectivity index (χ3v) is 6.00. The Balaban J connectivity index is 1.89. The van der Waals surface area contributed by atoms with Gasteiger partial charge in [0.25, 0.3) is 0 Å². The van der Waals surface area contributed by atoms with Crippen LogP contribution < -0.4 is 5.73 Å². The molecule has 1 aliphatic carbocycles. The number of thiazole rings is 1. The number of halogens is 1. The molecule has 1 aromatic heterocycles. The molecule has 0 radical (unpaired) electrons. The van der Waals surface area contributed by atoms with E-state index in [-0.39, 0.29) is 5.54 Å². The summed E-state index contributed by atoms with van der Waals surface area (Å²) in [5.41, 5.74) is 8.57. The lowest BCUT2D eigenvalue weighted by Crippen LogP contribution is -2.40. The summed E-state index contributed by atoms with van der Waals surface area (Å²) in [4.78, 5) is 4.83. The Labute approximate surface area is 132 Å². The maximum Gasteiger partial charge on any atom is 0.113 e. The normalized spacial score (nSPS) is 26.6. The van der Waals surface area contributed by atoms with E-state index in [0.717, 1.165) is 39.5 Å². The predicted molar refractivity (Wildman–Crippen MR) is 88.7 cm³/mol. The number of nitrogens with two attached hydrogens (primary N) is 1. The fraction of sp³-hybridized carbons (Fsp3) is 0.438. The van der Waals surface area contributed by atoms with E-state index in [0.29, 0.717) is 0 Å². The molecule has 1 fully saturated rings. The molecule has 3 rings (SSSR count). The van der Waals surface area contributed by atoms with Crippen LogP contribution in [0.1, 0.15) is 37.6 Å². The van der Waals surface area contributed by atoms with Gasteiger partial charge in [-0.1, -0.05) is 41.1 Å². The minimum atomic E-state index is -0.212. The van der Waals surface area contributed by atoms with Crippen molar-refractivity contribution in [2.24, 2.45) is 11.7 Å². The van der Waals surface area contributed by atoms with E-state index in [1.807, 2.05) is 12.1 Å². The van der Waals surface area contributed by atoms with Gasteiger partial charge in [0, 0.05) is 15.4 Å². The molecule has 0 saturated heterocycles. The van der Waals surface area contributed by atoms with Crippen molar-refractivity contribution in [1.29, 1.82) is 0 Å². The van der Waals surface area contributed by atoms with Crippen LogP contribution in [0.3, 0.4) is 0 Å². The molecule has 0 spiro atoms. The smallest absolute Gasteiger partial charge is 0.113 e. The van der Waals surface area contributed by atoms with Crippen LogP contribution in [0.5, 0.6) is 0 Å². The highest BCUT2D eigenvalue weighted by atomic mass is 79.9. The molecule has 0 amide bonds. The van der Waals surface area contributed by atoms with Gasteiger partial charge in [-0.05, 0) is 37.7 Å². The maximum atomic E-state index is 6.61. The van der Waals surface area contributed by atoms with E-state index in [9.17, 15) is 0 Å². The highest BCUT2D eigenvalue weighted by Gasteiger charge is 2.34. The van der Waals surface area contributed by atoms with Crippen LogP contribution >= 0.6 is 27.3 Å². The highest BCUT2D eigenvalue weighted by Crippen LogP contribution is 2.40. The zero-order valence-electron chi connectivity index (χ0n) is 11.6. The lowest BCUT2D eigenvalue weighted by atomic mass is 9.78. The second kappa shape index (κ2) is 5.58. The van der Waals surface area contributed by atoms with Gasteiger partial charge in [-0.25, -0.2) is 4.98 Å². The minimum absolute atomic E-state index is 0.212. The number of hydrogen-bond donors (Lipinski definition) is 1. The largest absolute Gasteiger partial charge is 0.319 e.